The fourth-order valence-corrected chi connectivity index (χ4v) is 2.85. The van der Waals surface area contributed by atoms with Crippen molar-refractivity contribution in [2.75, 3.05) is 0 Å². The summed E-state index contributed by atoms with van der Waals surface area (Å²) in [6, 6.07) is 9.52. The molecular weight excluding hydrogens is 417 g/mol. The van der Waals surface area contributed by atoms with E-state index in [1.165, 1.54) is 12.1 Å². The van der Waals surface area contributed by atoms with Crippen LogP contribution < -0.4 is 5.32 Å². The second-order valence-corrected chi connectivity index (χ2v) is 6.58. The second kappa shape index (κ2) is 8.20. The molecule has 3 aromatic rings. The van der Waals surface area contributed by atoms with Crippen molar-refractivity contribution in [2.24, 2.45) is 0 Å². The molecule has 1 amide bonds. The molecule has 1 aromatic heterocycles. The standard InChI is InChI=1S/C19H13ClF5N3O/c20-12-2-1-3-15(7-12)28-16(9-17(27-28)19(23,24)25)10-26-18(29)6-11-4-13(21)8-14(22)5-11/h1-5,7-9H,6,10H2,(H,26,29). The molecule has 0 radical (unpaired) electrons. The number of carbonyl (C=O) groups excluding carboxylic acids is 1. The van der Waals surface area contributed by atoms with Crippen LogP contribution in [0.2, 0.25) is 5.02 Å². The summed E-state index contributed by atoms with van der Waals surface area (Å²) >= 11 is 5.89. The van der Waals surface area contributed by atoms with E-state index in [0.29, 0.717) is 11.1 Å². The first kappa shape index (κ1) is 20.8. The maximum Gasteiger partial charge on any atom is 0.435 e. The van der Waals surface area contributed by atoms with Crippen LogP contribution in [-0.2, 0) is 23.9 Å². The minimum Gasteiger partial charge on any atom is -0.350 e. The summed E-state index contributed by atoms with van der Waals surface area (Å²) in [6.45, 7) is -0.285. The Labute approximate surface area is 166 Å². The Hall–Kier alpha value is -2.94. The van der Waals surface area contributed by atoms with Gasteiger partial charge in [-0.15, -0.1) is 0 Å². The Bertz CT molecular complexity index is 1030. The zero-order valence-electron chi connectivity index (χ0n) is 14.6. The van der Waals surface area contributed by atoms with Crippen LogP contribution in [-0.4, -0.2) is 15.7 Å². The first-order valence-electron chi connectivity index (χ1n) is 8.25. The fraction of sp³-hybridized carbons (Fsp3) is 0.158. The van der Waals surface area contributed by atoms with Gasteiger partial charge in [0.25, 0.3) is 0 Å². The van der Waals surface area contributed by atoms with Crippen LogP contribution in [0.25, 0.3) is 5.69 Å². The van der Waals surface area contributed by atoms with Gasteiger partial charge in [-0.3, -0.25) is 4.79 Å². The summed E-state index contributed by atoms with van der Waals surface area (Å²) in [7, 11) is 0. The van der Waals surface area contributed by atoms with Crippen LogP contribution >= 0.6 is 11.6 Å². The maximum absolute atomic E-state index is 13.2. The van der Waals surface area contributed by atoms with Crippen molar-refractivity contribution in [2.45, 2.75) is 19.1 Å². The number of rotatable bonds is 5. The number of benzene rings is 2. The van der Waals surface area contributed by atoms with Crippen molar-refractivity contribution in [1.29, 1.82) is 0 Å². The first-order chi connectivity index (χ1) is 13.6. The molecule has 0 atom stereocenters. The smallest absolute Gasteiger partial charge is 0.350 e. The zero-order valence-corrected chi connectivity index (χ0v) is 15.4. The van der Waals surface area contributed by atoms with Gasteiger partial charge >= 0.3 is 6.18 Å². The number of halogens is 6. The minimum absolute atomic E-state index is 0.0540. The molecule has 10 heteroatoms. The highest BCUT2D eigenvalue weighted by molar-refractivity contribution is 6.30. The Morgan fingerprint density at radius 1 is 1.07 bits per heavy atom. The highest BCUT2D eigenvalue weighted by Crippen LogP contribution is 2.30. The number of aromatic nitrogens is 2. The van der Waals surface area contributed by atoms with E-state index in [9.17, 15) is 26.7 Å². The lowest BCUT2D eigenvalue weighted by atomic mass is 10.1. The van der Waals surface area contributed by atoms with Crippen molar-refractivity contribution in [3.05, 3.63) is 82.1 Å². The molecule has 1 N–H and O–H groups in total. The Morgan fingerprint density at radius 2 is 1.76 bits per heavy atom. The molecule has 2 aromatic carbocycles. The molecule has 0 unspecified atom stereocenters. The van der Waals surface area contributed by atoms with Crippen LogP contribution in [0.1, 0.15) is 17.0 Å². The molecule has 0 bridgehead atoms. The number of amides is 1. The molecule has 3 rings (SSSR count). The number of nitrogens with one attached hydrogen (secondary N) is 1. The van der Waals surface area contributed by atoms with E-state index < -0.39 is 29.4 Å². The van der Waals surface area contributed by atoms with Gasteiger partial charge < -0.3 is 5.32 Å². The Kier molecular flexibility index (Phi) is 5.88. The molecule has 0 aliphatic rings. The number of alkyl halides is 3. The number of hydrogen-bond donors (Lipinski definition) is 1. The topological polar surface area (TPSA) is 46.9 Å². The molecule has 0 aliphatic carbocycles. The maximum atomic E-state index is 13.2. The lowest BCUT2D eigenvalue weighted by Gasteiger charge is -2.09. The van der Waals surface area contributed by atoms with E-state index in [1.54, 1.807) is 12.1 Å². The molecule has 0 aliphatic heterocycles. The largest absolute Gasteiger partial charge is 0.435 e. The fourth-order valence-electron chi connectivity index (χ4n) is 2.67. The normalized spacial score (nSPS) is 11.5. The van der Waals surface area contributed by atoms with Gasteiger partial charge in [-0.2, -0.15) is 18.3 Å². The predicted molar refractivity (Wildman–Crippen MR) is 95.5 cm³/mol. The predicted octanol–water partition coefficient (Wildman–Crippen LogP) is 4.68. The summed E-state index contributed by atoms with van der Waals surface area (Å²) < 4.78 is 66.7. The van der Waals surface area contributed by atoms with E-state index in [4.69, 9.17) is 11.6 Å². The van der Waals surface area contributed by atoms with E-state index in [1.807, 2.05) is 0 Å². The van der Waals surface area contributed by atoms with E-state index in [0.717, 1.165) is 22.9 Å². The number of nitrogens with zero attached hydrogens (tertiary/aromatic N) is 2. The summed E-state index contributed by atoms with van der Waals surface area (Å²) in [5.74, 6) is -2.29. The molecule has 1 heterocycles. The molecule has 0 saturated carbocycles. The van der Waals surface area contributed by atoms with Crippen molar-refractivity contribution in [3.63, 3.8) is 0 Å². The molecule has 0 fully saturated rings. The third-order valence-electron chi connectivity index (χ3n) is 3.88. The van der Waals surface area contributed by atoms with Crippen LogP contribution in [0.4, 0.5) is 22.0 Å². The van der Waals surface area contributed by atoms with Crippen LogP contribution in [0.5, 0.6) is 0 Å². The van der Waals surface area contributed by atoms with E-state index in [2.05, 4.69) is 10.4 Å². The average Bonchev–Trinajstić information content (AvgIpc) is 3.03. The minimum atomic E-state index is -4.68. The van der Waals surface area contributed by atoms with Gasteiger partial charge in [0.15, 0.2) is 5.69 Å². The van der Waals surface area contributed by atoms with Gasteiger partial charge in [0, 0.05) is 11.1 Å². The van der Waals surface area contributed by atoms with Gasteiger partial charge in [-0.1, -0.05) is 17.7 Å². The Balaban J connectivity index is 1.80. The Morgan fingerprint density at radius 3 is 2.38 bits per heavy atom. The average molecular weight is 430 g/mol. The molecule has 0 saturated heterocycles. The summed E-state index contributed by atoms with van der Waals surface area (Å²) in [5, 5.41) is 6.29. The van der Waals surface area contributed by atoms with Crippen molar-refractivity contribution in [1.82, 2.24) is 15.1 Å². The van der Waals surface area contributed by atoms with Crippen molar-refractivity contribution < 1.29 is 26.7 Å². The quantitative estimate of drug-likeness (QED) is 0.599. The van der Waals surface area contributed by atoms with Crippen LogP contribution in [0.3, 0.4) is 0 Å². The third-order valence-corrected chi connectivity index (χ3v) is 4.12. The van der Waals surface area contributed by atoms with Gasteiger partial charge in [-0.05, 0) is 42.0 Å². The summed E-state index contributed by atoms with van der Waals surface area (Å²) in [6.07, 6.45) is -5.02. The summed E-state index contributed by atoms with van der Waals surface area (Å²) in [5.41, 5.74) is -0.698. The first-order valence-corrected chi connectivity index (χ1v) is 8.63. The van der Waals surface area contributed by atoms with Crippen LogP contribution in [0.15, 0.2) is 48.5 Å². The third kappa shape index (κ3) is 5.32. The van der Waals surface area contributed by atoms with Crippen molar-refractivity contribution in [3.8, 4) is 5.69 Å². The lowest BCUT2D eigenvalue weighted by molar-refractivity contribution is -0.141. The highest BCUT2D eigenvalue weighted by atomic mass is 35.5. The van der Waals surface area contributed by atoms with E-state index >= 15 is 0 Å². The molecule has 152 valence electrons. The SMILES string of the molecule is O=C(Cc1cc(F)cc(F)c1)NCc1cc(C(F)(F)F)nn1-c1cccc(Cl)c1. The zero-order chi connectivity index (χ0) is 21.2. The highest BCUT2D eigenvalue weighted by Gasteiger charge is 2.35. The molecule has 4 nitrogen and oxygen atoms in total. The number of hydrogen-bond acceptors (Lipinski definition) is 2. The molecular formula is C19H13ClF5N3O. The van der Waals surface area contributed by atoms with Gasteiger partial charge in [0.1, 0.15) is 11.6 Å². The molecule has 0 spiro atoms. The molecule has 29 heavy (non-hydrogen) atoms. The lowest BCUT2D eigenvalue weighted by Crippen LogP contribution is -2.25. The number of carbonyl (C=O) groups is 1. The van der Waals surface area contributed by atoms with Crippen LogP contribution in [0, 0.1) is 11.6 Å². The van der Waals surface area contributed by atoms with Gasteiger partial charge in [0.05, 0.1) is 24.3 Å². The van der Waals surface area contributed by atoms with Crippen molar-refractivity contribution >= 4 is 17.5 Å². The van der Waals surface area contributed by atoms with E-state index in [-0.39, 0.29) is 29.9 Å². The summed E-state index contributed by atoms with van der Waals surface area (Å²) in [4.78, 5) is 12.1. The van der Waals surface area contributed by atoms with Gasteiger partial charge in [0.2, 0.25) is 5.91 Å². The second-order valence-electron chi connectivity index (χ2n) is 6.14. The van der Waals surface area contributed by atoms with Gasteiger partial charge in [-0.25, -0.2) is 13.5 Å². The monoisotopic (exact) mass is 429 g/mol.